The van der Waals surface area contributed by atoms with Crippen LogP contribution >= 0.6 is 9.69 Å². The molecule has 0 aliphatic heterocycles. The second kappa shape index (κ2) is 3.89. The molecule has 0 aliphatic carbocycles. The van der Waals surface area contributed by atoms with Crippen molar-refractivity contribution in [2.75, 3.05) is 0 Å². The van der Waals surface area contributed by atoms with Crippen molar-refractivity contribution in [2.45, 2.75) is 0 Å². The molecule has 0 spiro atoms. The summed E-state index contributed by atoms with van der Waals surface area (Å²) in [6.07, 6.45) is 0. The van der Waals surface area contributed by atoms with Crippen LogP contribution < -0.4 is 0 Å². The number of hydrogen-bond acceptors (Lipinski definition) is 3. The van der Waals surface area contributed by atoms with Crippen LogP contribution in [0.3, 0.4) is 0 Å². The summed E-state index contributed by atoms with van der Waals surface area (Å²) in [7, 11) is 4.03. The van der Waals surface area contributed by atoms with Crippen LogP contribution in [0.5, 0.6) is 0 Å². The standard InChI is InChI=1S/ClH.K.3O.Ru.H/h1H;;;;;;/q;;;;;+1;/p-1. The molecule has 0 rings (SSSR count). The van der Waals surface area contributed by atoms with Gasteiger partial charge in [0.05, 0.1) is 0 Å². The molecule has 0 aliphatic rings. The van der Waals surface area contributed by atoms with E-state index in [2.05, 4.69) is 9.69 Å². The zero-order chi connectivity index (χ0) is 4.50. The van der Waals surface area contributed by atoms with E-state index in [-0.39, 0.29) is 51.4 Å². The molecule has 3 nitrogen and oxygen atoms in total. The van der Waals surface area contributed by atoms with Crippen molar-refractivity contribution in [3.8, 4) is 0 Å². The van der Waals surface area contributed by atoms with Gasteiger partial charge >= 0.3 is 85.4 Å². The van der Waals surface area contributed by atoms with Crippen molar-refractivity contribution in [3.05, 3.63) is 0 Å². The van der Waals surface area contributed by atoms with Gasteiger partial charge in [-0.05, 0) is 0 Å². The van der Waals surface area contributed by atoms with Crippen LogP contribution in [0.1, 0.15) is 0 Å². The molecule has 0 atom stereocenters. The van der Waals surface area contributed by atoms with Crippen molar-refractivity contribution in [2.24, 2.45) is 0 Å². The fourth-order valence-corrected chi connectivity index (χ4v) is 0. The molecule has 0 saturated heterocycles. The van der Waals surface area contributed by atoms with E-state index in [1.165, 1.54) is 0 Å². The summed E-state index contributed by atoms with van der Waals surface area (Å²) in [5.41, 5.74) is 0. The molecule has 0 fully saturated rings. The maximum atomic E-state index is 8.93. The van der Waals surface area contributed by atoms with E-state index >= 15 is 0 Å². The van der Waals surface area contributed by atoms with Crippen molar-refractivity contribution >= 4 is 61.1 Å². The van der Waals surface area contributed by atoms with Gasteiger partial charge in [-0.2, -0.15) is 0 Å². The van der Waals surface area contributed by atoms with Crippen LogP contribution in [-0.4, -0.2) is 51.4 Å². The molecule has 35 valence electrons. The van der Waals surface area contributed by atoms with Gasteiger partial charge < -0.3 is 0 Å². The Balaban J connectivity index is 0. The first-order valence-electron chi connectivity index (χ1n) is 0.567. The predicted molar refractivity (Wildman–Crippen MR) is 15.1 cm³/mol. The monoisotopic (exact) mass is 225 g/mol. The third-order valence-corrected chi connectivity index (χ3v) is 0. The summed E-state index contributed by atoms with van der Waals surface area (Å²) in [4.78, 5) is 0. The van der Waals surface area contributed by atoms with Gasteiger partial charge in [0.2, 0.25) is 0 Å². The van der Waals surface area contributed by atoms with E-state index in [0.717, 1.165) is 0 Å². The van der Waals surface area contributed by atoms with Crippen molar-refractivity contribution < 1.29 is 24.4 Å². The fourth-order valence-electron chi connectivity index (χ4n) is 0. The van der Waals surface area contributed by atoms with E-state index in [1.807, 2.05) is 0 Å². The summed E-state index contributed by atoms with van der Waals surface area (Å²) >= 11 is -5.14. The SMILES string of the molecule is [KH].[O]=[Ru](=[O])(=[O])[Cl]. The summed E-state index contributed by atoms with van der Waals surface area (Å²) in [6.45, 7) is 0. The van der Waals surface area contributed by atoms with Crippen LogP contribution in [0.25, 0.3) is 0 Å². The minimum atomic E-state index is -5.14. The minimum absolute atomic E-state index is 0. The van der Waals surface area contributed by atoms with Crippen molar-refractivity contribution in [3.63, 3.8) is 0 Å². The Morgan fingerprint density at radius 3 is 1.17 bits per heavy atom. The first kappa shape index (κ1) is 10.8. The molecule has 0 amide bonds. The number of hydrogen-bond donors (Lipinski definition) is 0. The van der Waals surface area contributed by atoms with Crippen LogP contribution in [0.4, 0.5) is 0 Å². The third kappa shape index (κ3) is 38.3. The van der Waals surface area contributed by atoms with Gasteiger partial charge in [0, 0.05) is 0 Å². The van der Waals surface area contributed by atoms with E-state index in [0.29, 0.717) is 0 Å². The fraction of sp³-hybridized carbons (Fsp3) is 0. The molecule has 0 aromatic heterocycles. The van der Waals surface area contributed by atoms with E-state index < -0.39 is 13.6 Å². The molecule has 0 aromatic rings. The topological polar surface area (TPSA) is 51.2 Å². The van der Waals surface area contributed by atoms with Gasteiger partial charge in [0.25, 0.3) is 0 Å². The molecule has 0 heterocycles. The average Bonchev–Trinajstić information content (AvgIpc) is 0.722. The quantitative estimate of drug-likeness (QED) is 0.530. The molecule has 6 heteroatoms. The Bertz CT molecular complexity index is 132. The average molecular weight is 225 g/mol. The van der Waals surface area contributed by atoms with Gasteiger partial charge in [-0.3, -0.25) is 0 Å². The summed E-state index contributed by atoms with van der Waals surface area (Å²) in [5.74, 6) is 0. The van der Waals surface area contributed by atoms with Crippen LogP contribution in [0, 0.1) is 0 Å². The first-order valence-corrected chi connectivity index (χ1v) is 4.93. The van der Waals surface area contributed by atoms with E-state index in [9.17, 15) is 0 Å². The number of halogens is 1. The Hall–Kier alpha value is 1.95. The zero-order valence-corrected chi connectivity index (χ0v) is 4.45. The second-order valence-electron chi connectivity index (χ2n) is 0.340. The van der Waals surface area contributed by atoms with Crippen LogP contribution in [0.15, 0.2) is 0 Å². The van der Waals surface area contributed by atoms with Crippen molar-refractivity contribution in [1.29, 1.82) is 0 Å². The van der Waals surface area contributed by atoms with Crippen molar-refractivity contribution in [1.82, 2.24) is 0 Å². The van der Waals surface area contributed by atoms with E-state index in [1.54, 1.807) is 0 Å². The molecular weight excluding hydrogens is 224 g/mol. The van der Waals surface area contributed by atoms with Gasteiger partial charge in [0.15, 0.2) is 0 Å². The van der Waals surface area contributed by atoms with Crippen LogP contribution in [-0.2, 0) is 24.4 Å². The molecule has 0 bridgehead atoms. The summed E-state index contributed by atoms with van der Waals surface area (Å²) in [6, 6.07) is 0. The molecule has 0 radical (unpaired) electrons. The molecular formula is HClKO3Ru. The van der Waals surface area contributed by atoms with Gasteiger partial charge in [-0.15, -0.1) is 0 Å². The molecule has 6 heavy (non-hydrogen) atoms. The maximum absolute atomic E-state index is 8.93. The molecule has 0 unspecified atom stereocenters. The van der Waals surface area contributed by atoms with Gasteiger partial charge in [0.1, 0.15) is 0 Å². The Labute approximate surface area is 83.5 Å². The molecule has 0 N–H and O–H groups in total. The second-order valence-corrected chi connectivity index (χ2v) is 3.95. The zero-order valence-electron chi connectivity index (χ0n) is 1.96. The summed E-state index contributed by atoms with van der Waals surface area (Å²) < 4.78 is 26.8. The first-order chi connectivity index (χ1) is 2.00. The number of rotatable bonds is 0. The normalized spacial score (nSPS) is 9.50. The van der Waals surface area contributed by atoms with Gasteiger partial charge in [-0.1, -0.05) is 0 Å². The Morgan fingerprint density at radius 1 is 1.17 bits per heavy atom. The summed E-state index contributed by atoms with van der Waals surface area (Å²) in [5, 5.41) is 0. The van der Waals surface area contributed by atoms with Gasteiger partial charge in [-0.25, -0.2) is 0 Å². The third-order valence-electron chi connectivity index (χ3n) is 0. The van der Waals surface area contributed by atoms with E-state index in [4.69, 9.17) is 10.7 Å². The predicted octanol–water partition coefficient (Wildman–Crippen LogP) is -0.318. The van der Waals surface area contributed by atoms with Crippen LogP contribution in [0.2, 0.25) is 0 Å². The molecule has 0 aromatic carbocycles. The molecule has 0 saturated carbocycles. The Kier molecular flexibility index (Phi) is 7.04. The Morgan fingerprint density at radius 2 is 1.17 bits per heavy atom.